The minimum atomic E-state index is -0.488. The Labute approximate surface area is 94.0 Å². The van der Waals surface area contributed by atoms with Crippen molar-refractivity contribution in [2.45, 2.75) is 19.3 Å². The van der Waals surface area contributed by atoms with E-state index < -0.39 is 11.4 Å². The van der Waals surface area contributed by atoms with Gasteiger partial charge in [-0.3, -0.25) is 5.43 Å². The highest BCUT2D eigenvalue weighted by atomic mass is 19.1. The van der Waals surface area contributed by atoms with Crippen molar-refractivity contribution in [2.24, 2.45) is 5.84 Å². The van der Waals surface area contributed by atoms with Gasteiger partial charge in [0, 0.05) is 12.0 Å². The Balaban J connectivity index is 2.77. The lowest BCUT2D eigenvalue weighted by atomic mass is 9.84. The summed E-state index contributed by atoms with van der Waals surface area (Å²) in [6.45, 7) is 4.00. The van der Waals surface area contributed by atoms with Gasteiger partial charge in [0.25, 0.3) is 0 Å². The van der Waals surface area contributed by atoms with Crippen LogP contribution in [0, 0.1) is 5.82 Å². The van der Waals surface area contributed by atoms with Crippen LogP contribution >= 0.6 is 0 Å². The summed E-state index contributed by atoms with van der Waals surface area (Å²) in [4.78, 5) is 10.9. The summed E-state index contributed by atoms with van der Waals surface area (Å²) in [6.07, 6.45) is 0. The van der Waals surface area contributed by atoms with Crippen molar-refractivity contribution in [3.05, 3.63) is 35.6 Å². The van der Waals surface area contributed by atoms with Gasteiger partial charge in [0.15, 0.2) is 0 Å². The molecule has 0 heterocycles. The number of halogens is 1. The van der Waals surface area contributed by atoms with Crippen molar-refractivity contribution < 1.29 is 9.18 Å². The molecule has 0 radical (unpaired) electrons. The van der Waals surface area contributed by atoms with Crippen molar-refractivity contribution in [1.29, 1.82) is 0 Å². The van der Waals surface area contributed by atoms with E-state index in [2.05, 4.69) is 5.32 Å². The molecule has 2 amide bonds. The standard InChI is InChI=1S/C11H16FN3O/c1-11(2,7-14-10(16)15-13)8-5-3-4-6-9(8)12/h3-6H,7,13H2,1-2H3,(H2,14,15,16). The molecule has 1 rings (SSSR count). The number of urea groups is 1. The number of hydrogen-bond donors (Lipinski definition) is 3. The van der Waals surface area contributed by atoms with Crippen LogP contribution in [0.15, 0.2) is 24.3 Å². The highest BCUT2D eigenvalue weighted by molar-refractivity contribution is 5.73. The van der Waals surface area contributed by atoms with Gasteiger partial charge in [-0.1, -0.05) is 32.0 Å². The number of rotatable bonds is 3. The fraction of sp³-hybridized carbons (Fsp3) is 0.364. The fourth-order valence-corrected chi connectivity index (χ4v) is 1.46. The maximum atomic E-state index is 13.5. The van der Waals surface area contributed by atoms with Crippen LogP contribution < -0.4 is 16.6 Å². The number of nitrogens with one attached hydrogen (secondary N) is 2. The molecule has 0 atom stereocenters. The molecule has 0 saturated heterocycles. The molecule has 0 aliphatic carbocycles. The third kappa shape index (κ3) is 2.93. The predicted molar refractivity (Wildman–Crippen MR) is 60.1 cm³/mol. The normalized spacial score (nSPS) is 11.0. The lowest BCUT2D eigenvalue weighted by Crippen LogP contribution is -2.45. The molecule has 0 fully saturated rings. The maximum absolute atomic E-state index is 13.5. The molecule has 88 valence electrons. The molecule has 1 aromatic carbocycles. The first-order chi connectivity index (χ1) is 7.47. The molecule has 16 heavy (non-hydrogen) atoms. The number of benzene rings is 1. The maximum Gasteiger partial charge on any atom is 0.328 e. The van der Waals surface area contributed by atoms with E-state index in [-0.39, 0.29) is 5.82 Å². The Kier molecular flexibility index (Phi) is 3.84. The molecule has 4 nitrogen and oxygen atoms in total. The van der Waals surface area contributed by atoms with Gasteiger partial charge in [-0.25, -0.2) is 15.0 Å². The minimum Gasteiger partial charge on any atom is -0.336 e. The molecular formula is C11H16FN3O. The van der Waals surface area contributed by atoms with Crippen LogP contribution in [0.2, 0.25) is 0 Å². The fourth-order valence-electron chi connectivity index (χ4n) is 1.46. The van der Waals surface area contributed by atoms with Crippen molar-refractivity contribution in [1.82, 2.24) is 10.7 Å². The first kappa shape index (κ1) is 12.4. The Morgan fingerprint density at radius 3 is 2.62 bits per heavy atom. The summed E-state index contributed by atoms with van der Waals surface area (Å²) < 4.78 is 13.5. The van der Waals surface area contributed by atoms with E-state index in [0.717, 1.165) is 0 Å². The lowest BCUT2D eigenvalue weighted by molar-refractivity contribution is 0.238. The first-order valence-corrected chi connectivity index (χ1v) is 4.97. The molecule has 4 N–H and O–H groups in total. The predicted octanol–water partition coefficient (Wildman–Crippen LogP) is 1.28. The third-order valence-electron chi connectivity index (χ3n) is 2.42. The van der Waals surface area contributed by atoms with Crippen LogP contribution in [0.3, 0.4) is 0 Å². The summed E-state index contributed by atoms with van der Waals surface area (Å²) in [5, 5.41) is 2.56. The van der Waals surface area contributed by atoms with E-state index in [9.17, 15) is 9.18 Å². The third-order valence-corrected chi connectivity index (χ3v) is 2.42. The number of hydrazine groups is 1. The summed E-state index contributed by atoms with van der Waals surface area (Å²) >= 11 is 0. The molecule has 0 spiro atoms. The molecule has 5 heteroatoms. The monoisotopic (exact) mass is 225 g/mol. The van der Waals surface area contributed by atoms with Gasteiger partial charge in [0.1, 0.15) is 5.82 Å². The van der Waals surface area contributed by atoms with Gasteiger partial charge in [-0.2, -0.15) is 0 Å². The molecule has 0 aromatic heterocycles. The molecule has 0 bridgehead atoms. The number of nitrogens with two attached hydrogens (primary N) is 1. The number of amides is 2. The Bertz CT molecular complexity index is 379. The quantitative estimate of drug-likeness (QED) is 0.412. The van der Waals surface area contributed by atoms with Crippen molar-refractivity contribution in [3.8, 4) is 0 Å². The van der Waals surface area contributed by atoms with Crippen molar-refractivity contribution in [3.63, 3.8) is 0 Å². The van der Waals surface area contributed by atoms with Gasteiger partial charge < -0.3 is 5.32 Å². The van der Waals surface area contributed by atoms with Crippen LogP contribution in [0.4, 0.5) is 9.18 Å². The minimum absolute atomic E-state index is 0.276. The van der Waals surface area contributed by atoms with E-state index >= 15 is 0 Å². The first-order valence-electron chi connectivity index (χ1n) is 4.97. The summed E-state index contributed by atoms with van der Waals surface area (Å²) in [6, 6.07) is 6.03. The average Bonchev–Trinajstić information content (AvgIpc) is 2.26. The van der Waals surface area contributed by atoms with E-state index in [4.69, 9.17) is 5.84 Å². The molecule has 0 saturated carbocycles. The number of hydrogen-bond acceptors (Lipinski definition) is 2. The molecular weight excluding hydrogens is 209 g/mol. The summed E-state index contributed by atoms with van der Waals surface area (Å²) in [5.41, 5.74) is 2.03. The van der Waals surface area contributed by atoms with E-state index in [1.165, 1.54) is 6.07 Å². The zero-order valence-electron chi connectivity index (χ0n) is 9.38. The van der Waals surface area contributed by atoms with Gasteiger partial charge in [-0.15, -0.1) is 0 Å². The largest absolute Gasteiger partial charge is 0.336 e. The van der Waals surface area contributed by atoms with Crippen molar-refractivity contribution >= 4 is 6.03 Å². The SMILES string of the molecule is CC(C)(CNC(=O)NN)c1ccccc1F. The molecule has 1 aromatic rings. The molecule has 0 aliphatic heterocycles. The van der Waals surface area contributed by atoms with Gasteiger partial charge in [0.05, 0.1) is 0 Å². The second-order valence-corrected chi connectivity index (χ2v) is 4.19. The second-order valence-electron chi connectivity index (χ2n) is 4.19. The van der Waals surface area contributed by atoms with E-state index in [0.29, 0.717) is 12.1 Å². The number of carbonyl (C=O) groups excluding carboxylic acids is 1. The topological polar surface area (TPSA) is 67.2 Å². The van der Waals surface area contributed by atoms with Crippen LogP contribution in [-0.4, -0.2) is 12.6 Å². The van der Waals surface area contributed by atoms with Crippen molar-refractivity contribution in [2.75, 3.05) is 6.54 Å². The van der Waals surface area contributed by atoms with Crippen LogP contribution in [-0.2, 0) is 5.41 Å². The van der Waals surface area contributed by atoms with E-state index in [1.54, 1.807) is 18.2 Å². The Morgan fingerprint density at radius 1 is 1.44 bits per heavy atom. The highest BCUT2D eigenvalue weighted by Crippen LogP contribution is 2.24. The summed E-state index contributed by atoms with van der Waals surface area (Å²) in [5.74, 6) is 4.66. The van der Waals surface area contributed by atoms with Gasteiger partial charge in [0.2, 0.25) is 0 Å². The van der Waals surface area contributed by atoms with Crippen LogP contribution in [0.25, 0.3) is 0 Å². The van der Waals surface area contributed by atoms with Gasteiger partial charge >= 0.3 is 6.03 Å². The lowest BCUT2D eigenvalue weighted by Gasteiger charge is -2.25. The summed E-state index contributed by atoms with van der Waals surface area (Å²) in [7, 11) is 0. The zero-order valence-corrected chi connectivity index (χ0v) is 9.38. The highest BCUT2D eigenvalue weighted by Gasteiger charge is 2.24. The smallest absolute Gasteiger partial charge is 0.328 e. The average molecular weight is 225 g/mol. The van der Waals surface area contributed by atoms with Crippen LogP contribution in [0.1, 0.15) is 19.4 Å². The zero-order chi connectivity index (χ0) is 12.2. The Morgan fingerprint density at radius 2 is 2.06 bits per heavy atom. The van der Waals surface area contributed by atoms with Gasteiger partial charge in [-0.05, 0) is 11.6 Å². The second kappa shape index (κ2) is 4.94. The molecule has 0 unspecified atom stereocenters. The number of carbonyl (C=O) groups is 1. The molecule has 0 aliphatic rings. The Hall–Kier alpha value is -1.62. The van der Waals surface area contributed by atoms with Crippen LogP contribution in [0.5, 0.6) is 0 Å². The van der Waals surface area contributed by atoms with E-state index in [1.807, 2.05) is 19.3 Å².